The fourth-order valence-corrected chi connectivity index (χ4v) is 2.60. The van der Waals surface area contributed by atoms with Crippen LogP contribution < -0.4 is 5.32 Å². The summed E-state index contributed by atoms with van der Waals surface area (Å²) in [5.41, 5.74) is 0. The summed E-state index contributed by atoms with van der Waals surface area (Å²) in [5.74, 6) is -2.82. The van der Waals surface area contributed by atoms with E-state index < -0.39 is 29.8 Å². The highest BCUT2D eigenvalue weighted by Crippen LogP contribution is 2.38. The Kier molecular flexibility index (Phi) is 5.32. The van der Waals surface area contributed by atoms with Crippen molar-refractivity contribution < 1.29 is 24.2 Å². The number of ether oxygens (including phenoxy) is 1. The molecule has 0 aromatic heterocycles. The van der Waals surface area contributed by atoms with Gasteiger partial charge < -0.3 is 15.2 Å². The second-order valence-corrected chi connectivity index (χ2v) is 5.05. The maximum atomic E-state index is 12.1. The molecular weight excluding hydrogens is 250 g/mol. The van der Waals surface area contributed by atoms with Gasteiger partial charge in [0.05, 0.1) is 18.9 Å². The summed E-state index contributed by atoms with van der Waals surface area (Å²) < 4.78 is 4.52. The lowest BCUT2D eigenvalue weighted by Gasteiger charge is -2.18. The molecule has 1 fully saturated rings. The number of rotatable bonds is 5. The molecule has 0 spiro atoms. The van der Waals surface area contributed by atoms with E-state index in [9.17, 15) is 14.4 Å². The molecule has 0 bridgehead atoms. The summed E-state index contributed by atoms with van der Waals surface area (Å²) in [6, 6.07) is -0.757. The standard InChI is InChI=1S/C13H21NO5/c1-4-8-5-9(10(6-8)12(16)17)11(15)14-7(2)13(18)19-3/h7-10H,4-6H2,1-3H3,(H,14,15)(H,16,17). The largest absolute Gasteiger partial charge is 0.481 e. The molecule has 1 rings (SSSR count). The Labute approximate surface area is 112 Å². The highest BCUT2D eigenvalue weighted by atomic mass is 16.5. The van der Waals surface area contributed by atoms with Crippen LogP contribution in [0.15, 0.2) is 0 Å². The number of carbonyl (C=O) groups excluding carboxylic acids is 2. The summed E-state index contributed by atoms with van der Waals surface area (Å²) in [5, 5.41) is 11.7. The Balaban J connectivity index is 2.69. The molecule has 0 radical (unpaired) electrons. The minimum Gasteiger partial charge on any atom is -0.481 e. The van der Waals surface area contributed by atoms with Gasteiger partial charge in [0.2, 0.25) is 5.91 Å². The van der Waals surface area contributed by atoms with Crippen molar-refractivity contribution in [1.82, 2.24) is 5.32 Å². The van der Waals surface area contributed by atoms with Crippen LogP contribution in [-0.4, -0.2) is 36.1 Å². The Morgan fingerprint density at radius 2 is 1.89 bits per heavy atom. The molecular formula is C13H21NO5. The molecule has 6 nitrogen and oxygen atoms in total. The average molecular weight is 271 g/mol. The van der Waals surface area contributed by atoms with Crippen molar-refractivity contribution >= 4 is 17.8 Å². The van der Waals surface area contributed by atoms with Crippen molar-refractivity contribution in [2.24, 2.45) is 17.8 Å². The highest BCUT2D eigenvalue weighted by molar-refractivity contribution is 5.88. The molecule has 1 aliphatic carbocycles. The van der Waals surface area contributed by atoms with Gasteiger partial charge in [-0.1, -0.05) is 13.3 Å². The summed E-state index contributed by atoms with van der Waals surface area (Å²) in [6.45, 7) is 3.51. The first-order valence-corrected chi connectivity index (χ1v) is 6.51. The predicted molar refractivity (Wildman–Crippen MR) is 67.3 cm³/mol. The van der Waals surface area contributed by atoms with Crippen molar-refractivity contribution in [3.63, 3.8) is 0 Å². The predicted octanol–water partition coefficient (Wildman–Crippen LogP) is 0.801. The SMILES string of the molecule is CCC1CC(C(=O)O)C(C(=O)NC(C)C(=O)OC)C1. The van der Waals surface area contributed by atoms with Crippen molar-refractivity contribution in [1.29, 1.82) is 0 Å². The van der Waals surface area contributed by atoms with E-state index in [1.807, 2.05) is 6.92 Å². The number of aliphatic carboxylic acids is 1. The Morgan fingerprint density at radius 3 is 2.37 bits per heavy atom. The van der Waals surface area contributed by atoms with E-state index in [4.69, 9.17) is 5.11 Å². The molecule has 0 saturated heterocycles. The Morgan fingerprint density at radius 1 is 1.32 bits per heavy atom. The van der Waals surface area contributed by atoms with Gasteiger partial charge in [-0.15, -0.1) is 0 Å². The number of hydrogen-bond acceptors (Lipinski definition) is 4. The lowest BCUT2D eigenvalue weighted by Crippen LogP contribution is -2.44. The topological polar surface area (TPSA) is 92.7 Å². The van der Waals surface area contributed by atoms with E-state index >= 15 is 0 Å². The van der Waals surface area contributed by atoms with Crippen molar-refractivity contribution in [2.45, 2.75) is 39.2 Å². The first-order chi connectivity index (χ1) is 8.90. The lowest BCUT2D eigenvalue weighted by molar-refractivity contribution is -0.147. The zero-order valence-electron chi connectivity index (χ0n) is 11.5. The van der Waals surface area contributed by atoms with E-state index in [1.165, 1.54) is 14.0 Å². The number of amides is 1. The third-order valence-corrected chi connectivity index (χ3v) is 3.81. The van der Waals surface area contributed by atoms with Crippen molar-refractivity contribution in [2.75, 3.05) is 7.11 Å². The maximum absolute atomic E-state index is 12.1. The molecule has 1 amide bonds. The number of carboxylic acids is 1. The van der Waals surface area contributed by atoms with E-state index in [2.05, 4.69) is 10.1 Å². The van der Waals surface area contributed by atoms with E-state index in [1.54, 1.807) is 0 Å². The van der Waals surface area contributed by atoms with Gasteiger partial charge in [-0.25, -0.2) is 4.79 Å². The van der Waals surface area contributed by atoms with Gasteiger partial charge in [0, 0.05) is 0 Å². The van der Waals surface area contributed by atoms with Crippen LogP contribution in [0.5, 0.6) is 0 Å². The van der Waals surface area contributed by atoms with Gasteiger partial charge in [0.25, 0.3) is 0 Å². The molecule has 0 aromatic rings. The number of carbonyl (C=O) groups is 3. The zero-order chi connectivity index (χ0) is 14.6. The van der Waals surface area contributed by atoms with Crippen LogP contribution in [0.25, 0.3) is 0 Å². The van der Waals surface area contributed by atoms with Gasteiger partial charge >= 0.3 is 11.9 Å². The van der Waals surface area contributed by atoms with Crippen LogP contribution in [-0.2, 0) is 19.1 Å². The third kappa shape index (κ3) is 3.68. The summed E-state index contributed by atoms with van der Waals surface area (Å²) >= 11 is 0. The number of methoxy groups -OCH3 is 1. The smallest absolute Gasteiger partial charge is 0.328 e. The molecule has 4 atom stereocenters. The second-order valence-electron chi connectivity index (χ2n) is 5.05. The molecule has 6 heteroatoms. The molecule has 0 heterocycles. The van der Waals surface area contributed by atoms with Gasteiger partial charge in [-0.2, -0.15) is 0 Å². The minimum absolute atomic E-state index is 0.255. The van der Waals surface area contributed by atoms with Crippen LogP contribution in [0.1, 0.15) is 33.1 Å². The van der Waals surface area contributed by atoms with Crippen LogP contribution in [0.4, 0.5) is 0 Å². The van der Waals surface area contributed by atoms with Crippen LogP contribution >= 0.6 is 0 Å². The maximum Gasteiger partial charge on any atom is 0.328 e. The van der Waals surface area contributed by atoms with Gasteiger partial charge in [-0.05, 0) is 25.7 Å². The molecule has 4 unspecified atom stereocenters. The summed E-state index contributed by atoms with van der Waals surface area (Å²) in [7, 11) is 1.24. The molecule has 1 aliphatic rings. The van der Waals surface area contributed by atoms with Crippen molar-refractivity contribution in [3.05, 3.63) is 0 Å². The Bertz CT molecular complexity index is 368. The first kappa shape index (κ1) is 15.5. The van der Waals surface area contributed by atoms with Crippen LogP contribution in [0.3, 0.4) is 0 Å². The zero-order valence-corrected chi connectivity index (χ0v) is 11.5. The molecule has 19 heavy (non-hydrogen) atoms. The fourth-order valence-electron chi connectivity index (χ4n) is 2.60. The number of nitrogens with one attached hydrogen (secondary N) is 1. The minimum atomic E-state index is -0.943. The molecule has 1 saturated carbocycles. The quantitative estimate of drug-likeness (QED) is 0.721. The number of carboxylic acid groups (broad SMARTS) is 1. The molecule has 108 valence electrons. The summed E-state index contributed by atoms with van der Waals surface area (Å²) in [6.07, 6.45) is 1.95. The Hall–Kier alpha value is -1.59. The van der Waals surface area contributed by atoms with E-state index in [0.717, 1.165) is 6.42 Å². The fraction of sp³-hybridized carbons (Fsp3) is 0.769. The second kappa shape index (κ2) is 6.54. The van der Waals surface area contributed by atoms with Gasteiger partial charge in [0.15, 0.2) is 0 Å². The van der Waals surface area contributed by atoms with Gasteiger partial charge in [-0.3, -0.25) is 9.59 Å². The third-order valence-electron chi connectivity index (χ3n) is 3.81. The first-order valence-electron chi connectivity index (χ1n) is 6.51. The number of esters is 1. The summed E-state index contributed by atoms with van der Waals surface area (Å²) in [4.78, 5) is 34.5. The van der Waals surface area contributed by atoms with Crippen LogP contribution in [0.2, 0.25) is 0 Å². The lowest BCUT2D eigenvalue weighted by atomic mass is 9.95. The van der Waals surface area contributed by atoms with E-state index in [-0.39, 0.29) is 11.8 Å². The number of hydrogen-bond donors (Lipinski definition) is 2. The van der Waals surface area contributed by atoms with Gasteiger partial charge in [0.1, 0.15) is 6.04 Å². The highest BCUT2D eigenvalue weighted by Gasteiger charge is 2.42. The van der Waals surface area contributed by atoms with Crippen LogP contribution in [0, 0.1) is 17.8 Å². The molecule has 0 aliphatic heterocycles. The normalized spacial score (nSPS) is 27.6. The molecule has 2 N–H and O–H groups in total. The average Bonchev–Trinajstić information content (AvgIpc) is 2.81. The van der Waals surface area contributed by atoms with E-state index in [0.29, 0.717) is 12.8 Å². The van der Waals surface area contributed by atoms with Crippen molar-refractivity contribution in [3.8, 4) is 0 Å². The monoisotopic (exact) mass is 271 g/mol. The molecule has 0 aromatic carbocycles.